The predicted octanol–water partition coefficient (Wildman–Crippen LogP) is 5.38. The van der Waals surface area contributed by atoms with Gasteiger partial charge in [0.05, 0.1) is 11.9 Å². The third-order valence-electron chi connectivity index (χ3n) is 5.40. The molecule has 0 aliphatic heterocycles. The molecule has 0 unspecified atom stereocenters. The van der Waals surface area contributed by atoms with Gasteiger partial charge >= 0.3 is 5.97 Å². The number of aryl methyl sites for hydroxylation is 2. The van der Waals surface area contributed by atoms with Gasteiger partial charge in [0.15, 0.2) is 0 Å². The number of nitrogens with zero attached hydrogens (tertiary/aromatic N) is 2. The Labute approximate surface area is 183 Å². The minimum Gasteiger partial charge on any atom is -0.475 e. The summed E-state index contributed by atoms with van der Waals surface area (Å²) in [6.45, 7) is 10.4. The van der Waals surface area contributed by atoms with Gasteiger partial charge in [0, 0.05) is 10.4 Å². The minimum absolute atomic E-state index is 0.0491. The van der Waals surface area contributed by atoms with Crippen LogP contribution in [0.5, 0.6) is 0 Å². The van der Waals surface area contributed by atoms with E-state index in [-0.39, 0.29) is 23.3 Å². The summed E-state index contributed by atoms with van der Waals surface area (Å²) in [5, 5.41) is 9.66. The number of fused-ring (bicyclic) bond motifs is 1. The predicted molar refractivity (Wildman–Crippen MR) is 122 cm³/mol. The molecule has 0 atom stereocenters. The number of rotatable bonds is 4. The van der Waals surface area contributed by atoms with E-state index in [9.17, 15) is 9.59 Å². The number of aromatic carboxylic acids is 1. The molecule has 0 spiro atoms. The van der Waals surface area contributed by atoms with Crippen LogP contribution in [0, 0.1) is 13.8 Å². The van der Waals surface area contributed by atoms with Gasteiger partial charge in [-0.2, -0.15) is 0 Å². The monoisotopic (exact) mass is 436 g/mol. The molecule has 4 aromatic rings. The maximum atomic E-state index is 13.5. The number of carboxylic acids is 1. The van der Waals surface area contributed by atoms with Crippen LogP contribution in [-0.4, -0.2) is 20.6 Å². The van der Waals surface area contributed by atoms with Crippen LogP contribution in [-0.2, 0) is 12.0 Å². The van der Waals surface area contributed by atoms with Crippen LogP contribution in [0.25, 0.3) is 21.3 Å². The summed E-state index contributed by atoms with van der Waals surface area (Å²) in [4.78, 5) is 31.0. The van der Waals surface area contributed by atoms with E-state index >= 15 is 0 Å². The number of furan rings is 1. The third kappa shape index (κ3) is 3.81. The summed E-state index contributed by atoms with van der Waals surface area (Å²) < 4.78 is 6.89. The summed E-state index contributed by atoms with van der Waals surface area (Å²) in [7, 11) is 0. The lowest BCUT2D eigenvalue weighted by Crippen LogP contribution is -2.24. The molecule has 4 rings (SSSR count). The van der Waals surface area contributed by atoms with Gasteiger partial charge in [-0.1, -0.05) is 45.0 Å². The first-order valence-electron chi connectivity index (χ1n) is 9.99. The maximum absolute atomic E-state index is 13.5. The second kappa shape index (κ2) is 7.50. The van der Waals surface area contributed by atoms with Crippen LogP contribution in [0.15, 0.2) is 45.6 Å². The zero-order chi connectivity index (χ0) is 22.5. The van der Waals surface area contributed by atoms with E-state index in [0.29, 0.717) is 21.8 Å². The highest BCUT2D eigenvalue weighted by Gasteiger charge is 2.20. The smallest absolute Gasteiger partial charge is 0.371 e. The van der Waals surface area contributed by atoms with Crippen LogP contribution in [0.3, 0.4) is 0 Å². The molecule has 7 heteroatoms. The van der Waals surface area contributed by atoms with Crippen molar-refractivity contribution in [2.24, 2.45) is 0 Å². The van der Waals surface area contributed by atoms with Gasteiger partial charge in [-0.3, -0.25) is 9.36 Å². The first-order valence-corrected chi connectivity index (χ1v) is 10.8. The summed E-state index contributed by atoms with van der Waals surface area (Å²) in [5.41, 5.74) is 3.00. The van der Waals surface area contributed by atoms with Crippen LogP contribution >= 0.6 is 11.3 Å². The highest BCUT2D eigenvalue weighted by Crippen LogP contribution is 2.36. The molecule has 6 nitrogen and oxygen atoms in total. The van der Waals surface area contributed by atoms with Gasteiger partial charge < -0.3 is 9.52 Å². The summed E-state index contributed by atoms with van der Waals surface area (Å²) >= 11 is 1.51. The SMILES string of the molecule is Cc1sc2nc(C)n(Cc3ccc(C(=O)O)o3)c(=O)c2c1-c1ccc(C(C)(C)C)cc1. The molecule has 0 bridgehead atoms. The Hall–Kier alpha value is -3.19. The van der Waals surface area contributed by atoms with Crippen LogP contribution in [0.2, 0.25) is 0 Å². The van der Waals surface area contributed by atoms with E-state index in [1.54, 1.807) is 13.0 Å². The topological polar surface area (TPSA) is 85.3 Å². The van der Waals surface area contributed by atoms with Crippen molar-refractivity contribution in [2.45, 2.75) is 46.6 Å². The standard InChI is InChI=1S/C24H24N2O4S/c1-13-19(15-6-8-16(9-7-15)24(3,4)5)20-21(31-13)25-14(2)26(22(20)27)12-17-10-11-18(30-17)23(28)29/h6-11H,12H2,1-5H3,(H,28,29). The second-order valence-corrected chi connectivity index (χ2v) is 9.87. The minimum atomic E-state index is -1.14. The van der Waals surface area contributed by atoms with E-state index in [0.717, 1.165) is 16.0 Å². The van der Waals surface area contributed by atoms with Crippen molar-refractivity contribution >= 4 is 27.5 Å². The summed E-state index contributed by atoms with van der Waals surface area (Å²) in [5.74, 6) is -0.340. The fourth-order valence-electron chi connectivity index (χ4n) is 3.70. The van der Waals surface area contributed by atoms with Gasteiger partial charge in [0.1, 0.15) is 16.4 Å². The van der Waals surface area contributed by atoms with Gasteiger partial charge in [0.25, 0.3) is 5.56 Å². The number of thiophene rings is 1. The lowest BCUT2D eigenvalue weighted by atomic mass is 9.86. The normalized spacial score (nSPS) is 11.9. The van der Waals surface area contributed by atoms with Gasteiger partial charge in [-0.15, -0.1) is 11.3 Å². The van der Waals surface area contributed by atoms with Crippen molar-refractivity contribution in [1.82, 2.24) is 9.55 Å². The average molecular weight is 437 g/mol. The lowest BCUT2D eigenvalue weighted by Gasteiger charge is -2.19. The fraction of sp³-hybridized carbons (Fsp3) is 0.292. The number of carbonyl (C=O) groups is 1. The Balaban J connectivity index is 1.84. The van der Waals surface area contributed by atoms with E-state index in [4.69, 9.17) is 9.52 Å². The summed E-state index contributed by atoms with van der Waals surface area (Å²) in [6, 6.07) is 11.3. The molecule has 160 valence electrons. The summed E-state index contributed by atoms with van der Waals surface area (Å²) in [6.07, 6.45) is 0. The second-order valence-electron chi connectivity index (χ2n) is 8.66. The first kappa shape index (κ1) is 21.1. The molecule has 31 heavy (non-hydrogen) atoms. The Bertz CT molecular complexity index is 1350. The van der Waals surface area contributed by atoms with Crippen molar-refractivity contribution in [3.8, 4) is 11.1 Å². The largest absolute Gasteiger partial charge is 0.475 e. The van der Waals surface area contributed by atoms with Crippen LogP contribution in [0.4, 0.5) is 0 Å². The molecule has 3 aromatic heterocycles. The molecule has 1 N–H and O–H groups in total. The van der Waals surface area contributed by atoms with Crippen molar-refractivity contribution in [3.63, 3.8) is 0 Å². The zero-order valence-corrected chi connectivity index (χ0v) is 19.0. The molecule has 1 aromatic carbocycles. The third-order valence-corrected chi connectivity index (χ3v) is 6.40. The molecular weight excluding hydrogens is 412 g/mol. The van der Waals surface area contributed by atoms with E-state index < -0.39 is 5.97 Å². The Morgan fingerprint density at radius 1 is 1.13 bits per heavy atom. The zero-order valence-electron chi connectivity index (χ0n) is 18.1. The van der Waals surface area contributed by atoms with Gasteiger partial charge in [0.2, 0.25) is 5.76 Å². The van der Waals surface area contributed by atoms with E-state index in [2.05, 4.69) is 50.0 Å². The maximum Gasteiger partial charge on any atom is 0.371 e. The van der Waals surface area contributed by atoms with Crippen molar-refractivity contribution in [1.29, 1.82) is 0 Å². The van der Waals surface area contributed by atoms with Crippen molar-refractivity contribution in [3.05, 3.63) is 74.5 Å². The Kier molecular flexibility index (Phi) is 5.09. The van der Waals surface area contributed by atoms with E-state index in [1.165, 1.54) is 27.5 Å². The first-order chi connectivity index (χ1) is 14.6. The number of aromatic nitrogens is 2. The Morgan fingerprint density at radius 2 is 1.81 bits per heavy atom. The van der Waals surface area contributed by atoms with E-state index in [1.807, 2.05) is 6.92 Å². The highest BCUT2D eigenvalue weighted by atomic mass is 32.1. The number of hydrogen-bond donors (Lipinski definition) is 1. The molecule has 0 aliphatic carbocycles. The lowest BCUT2D eigenvalue weighted by molar-refractivity contribution is 0.0660. The highest BCUT2D eigenvalue weighted by molar-refractivity contribution is 7.19. The quantitative estimate of drug-likeness (QED) is 0.464. The molecule has 0 saturated carbocycles. The number of benzene rings is 1. The van der Waals surface area contributed by atoms with Crippen LogP contribution in [0.1, 0.15) is 53.4 Å². The Morgan fingerprint density at radius 3 is 2.39 bits per heavy atom. The van der Waals surface area contributed by atoms with Crippen molar-refractivity contribution < 1.29 is 14.3 Å². The van der Waals surface area contributed by atoms with Crippen molar-refractivity contribution in [2.75, 3.05) is 0 Å². The fourth-order valence-corrected chi connectivity index (χ4v) is 4.78. The molecule has 0 amide bonds. The molecule has 3 heterocycles. The molecule has 0 radical (unpaired) electrons. The number of carboxylic acid groups (broad SMARTS) is 1. The number of hydrogen-bond acceptors (Lipinski definition) is 5. The molecular formula is C24H24N2O4S. The molecule has 0 fully saturated rings. The van der Waals surface area contributed by atoms with Gasteiger partial charge in [-0.25, -0.2) is 9.78 Å². The average Bonchev–Trinajstić information content (AvgIpc) is 3.29. The van der Waals surface area contributed by atoms with Gasteiger partial charge in [-0.05, 0) is 42.5 Å². The molecule has 0 aliphatic rings. The molecule has 0 saturated heterocycles. The van der Waals surface area contributed by atoms with Crippen LogP contribution < -0.4 is 5.56 Å².